The summed E-state index contributed by atoms with van der Waals surface area (Å²) in [5, 5.41) is 3.37. The molecule has 0 spiro atoms. The van der Waals surface area contributed by atoms with Gasteiger partial charge < -0.3 is 14.5 Å². The molecule has 1 aliphatic heterocycles. The van der Waals surface area contributed by atoms with Crippen LogP contribution in [0.3, 0.4) is 0 Å². The summed E-state index contributed by atoms with van der Waals surface area (Å²) in [4.78, 5) is 0. The van der Waals surface area contributed by atoms with Gasteiger partial charge in [0.2, 0.25) is 0 Å². The summed E-state index contributed by atoms with van der Waals surface area (Å²) in [7, 11) is 2.32. The first-order valence-electron chi connectivity index (χ1n) is 4.89. The van der Waals surface area contributed by atoms with E-state index in [1.165, 1.54) is 17.6 Å². The quantitative estimate of drug-likeness (QED) is 0.480. The van der Waals surface area contributed by atoms with Gasteiger partial charge >= 0.3 is 0 Å². The molecule has 0 atom stereocenters. The Bertz CT molecular complexity index is 122. The first-order valence-corrected chi connectivity index (χ1v) is 4.89. The van der Waals surface area contributed by atoms with Crippen LogP contribution in [0.2, 0.25) is 0 Å². The minimum atomic E-state index is 0.845. The summed E-state index contributed by atoms with van der Waals surface area (Å²) >= 11 is 0. The molecule has 0 amide bonds. The van der Waals surface area contributed by atoms with Gasteiger partial charge in [-0.3, -0.25) is 0 Å². The van der Waals surface area contributed by atoms with Crippen molar-refractivity contribution in [2.75, 3.05) is 53.0 Å². The maximum atomic E-state index is 5.37. The zero-order valence-corrected chi connectivity index (χ0v) is 8.31. The van der Waals surface area contributed by atoms with Crippen LogP contribution in [0.25, 0.3) is 0 Å². The zero-order valence-electron chi connectivity index (χ0n) is 8.31. The fourth-order valence-electron chi connectivity index (χ4n) is 1.59. The van der Waals surface area contributed by atoms with Crippen LogP contribution in [0.4, 0.5) is 0 Å². The van der Waals surface area contributed by atoms with Gasteiger partial charge in [0.05, 0.1) is 26.7 Å². The molecule has 12 heavy (non-hydrogen) atoms. The minimum absolute atomic E-state index is 0.845. The molecule has 0 aromatic heterocycles. The Hall–Kier alpha value is -0.120. The van der Waals surface area contributed by atoms with E-state index in [9.17, 15) is 0 Å². The Morgan fingerprint density at radius 1 is 1.33 bits per heavy atom. The average molecular weight is 173 g/mol. The molecule has 0 aromatic rings. The largest absolute Gasteiger partial charge is 0.376 e. The lowest BCUT2D eigenvalue weighted by Crippen LogP contribution is -2.57. The van der Waals surface area contributed by atoms with Crippen molar-refractivity contribution in [3.8, 4) is 0 Å². The van der Waals surface area contributed by atoms with Crippen molar-refractivity contribution in [2.45, 2.75) is 6.92 Å². The second kappa shape index (κ2) is 4.80. The second-order valence-corrected chi connectivity index (χ2v) is 3.74. The van der Waals surface area contributed by atoms with E-state index in [-0.39, 0.29) is 0 Å². The van der Waals surface area contributed by atoms with E-state index < -0.39 is 0 Å². The number of nitrogens with zero attached hydrogens (tertiary/aromatic N) is 1. The average Bonchev–Trinajstić information content (AvgIpc) is 2.06. The summed E-state index contributed by atoms with van der Waals surface area (Å²) in [5.74, 6) is 0. The first kappa shape index (κ1) is 9.96. The van der Waals surface area contributed by atoms with Gasteiger partial charge in [0.15, 0.2) is 0 Å². The SMILES string of the molecule is CCOCC[N+]1(C)CCNCC1. The number of hydrogen-bond acceptors (Lipinski definition) is 2. The topological polar surface area (TPSA) is 21.3 Å². The van der Waals surface area contributed by atoms with E-state index in [1.54, 1.807) is 0 Å². The number of ether oxygens (including phenoxy) is 1. The molecule has 3 nitrogen and oxygen atoms in total. The van der Waals surface area contributed by atoms with Gasteiger partial charge in [0.25, 0.3) is 0 Å². The maximum absolute atomic E-state index is 5.37. The number of quaternary nitrogens is 1. The molecule has 0 unspecified atom stereocenters. The third-order valence-corrected chi connectivity index (χ3v) is 2.64. The summed E-state index contributed by atoms with van der Waals surface area (Å²) in [6.45, 7) is 9.77. The van der Waals surface area contributed by atoms with E-state index in [1.807, 2.05) is 0 Å². The standard InChI is InChI=1S/C9H21N2O/c1-3-12-9-8-11(2)6-4-10-5-7-11/h10H,3-9H2,1-2H3/q+1. The van der Waals surface area contributed by atoms with Crippen LogP contribution in [0.15, 0.2) is 0 Å². The van der Waals surface area contributed by atoms with Crippen molar-refractivity contribution >= 4 is 0 Å². The Morgan fingerprint density at radius 2 is 2.00 bits per heavy atom. The Labute approximate surface area is 75.3 Å². The van der Waals surface area contributed by atoms with Crippen LogP contribution in [0, 0.1) is 0 Å². The summed E-state index contributed by atoms with van der Waals surface area (Å²) < 4.78 is 6.54. The molecule has 1 rings (SSSR count). The van der Waals surface area contributed by atoms with Crippen LogP contribution < -0.4 is 5.32 Å². The molecular weight excluding hydrogens is 152 g/mol. The molecule has 3 heteroatoms. The number of likely N-dealkylation sites (N-methyl/N-ethyl adjacent to an activating group) is 1. The smallest absolute Gasteiger partial charge is 0.102 e. The van der Waals surface area contributed by atoms with Gasteiger partial charge in [-0.25, -0.2) is 0 Å². The van der Waals surface area contributed by atoms with Crippen molar-refractivity contribution in [1.29, 1.82) is 0 Å². The van der Waals surface area contributed by atoms with Gasteiger partial charge in [0.1, 0.15) is 6.54 Å². The van der Waals surface area contributed by atoms with Gasteiger partial charge in [-0.05, 0) is 6.92 Å². The van der Waals surface area contributed by atoms with Crippen LogP contribution in [-0.4, -0.2) is 57.5 Å². The Morgan fingerprint density at radius 3 is 2.58 bits per heavy atom. The van der Waals surface area contributed by atoms with Gasteiger partial charge in [-0.1, -0.05) is 0 Å². The predicted molar refractivity (Wildman–Crippen MR) is 50.1 cm³/mol. The lowest BCUT2D eigenvalue weighted by molar-refractivity contribution is -0.911. The number of rotatable bonds is 4. The summed E-state index contributed by atoms with van der Waals surface area (Å²) in [6.07, 6.45) is 0. The third kappa shape index (κ3) is 3.09. The molecule has 1 N–H and O–H groups in total. The highest BCUT2D eigenvalue weighted by molar-refractivity contribution is 4.54. The molecule has 1 aliphatic rings. The highest BCUT2D eigenvalue weighted by Crippen LogP contribution is 2.03. The molecule has 0 radical (unpaired) electrons. The molecule has 1 saturated heterocycles. The van der Waals surface area contributed by atoms with Crippen molar-refractivity contribution in [3.05, 3.63) is 0 Å². The lowest BCUT2D eigenvalue weighted by Gasteiger charge is -2.37. The molecule has 0 saturated carbocycles. The monoisotopic (exact) mass is 173 g/mol. The fourth-order valence-corrected chi connectivity index (χ4v) is 1.59. The van der Waals surface area contributed by atoms with Crippen LogP contribution in [0.5, 0.6) is 0 Å². The van der Waals surface area contributed by atoms with Gasteiger partial charge in [-0.2, -0.15) is 0 Å². The van der Waals surface area contributed by atoms with Crippen LogP contribution in [0.1, 0.15) is 6.92 Å². The number of piperazine rings is 1. The van der Waals surface area contributed by atoms with Crippen LogP contribution in [-0.2, 0) is 4.74 Å². The zero-order chi connectivity index (χ0) is 8.86. The van der Waals surface area contributed by atoms with Gasteiger partial charge in [-0.15, -0.1) is 0 Å². The van der Waals surface area contributed by atoms with E-state index in [0.29, 0.717) is 0 Å². The van der Waals surface area contributed by atoms with Crippen molar-refractivity contribution in [3.63, 3.8) is 0 Å². The number of hydrogen-bond donors (Lipinski definition) is 1. The molecule has 72 valence electrons. The minimum Gasteiger partial charge on any atom is -0.376 e. The highest BCUT2D eigenvalue weighted by atomic mass is 16.5. The molecular formula is C9H21N2O+. The van der Waals surface area contributed by atoms with E-state index in [2.05, 4.69) is 19.3 Å². The maximum Gasteiger partial charge on any atom is 0.102 e. The van der Waals surface area contributed by atoms with Crippen molar-refractivity contribution in [2.24, 2.45) is 0 Å². The van der Waals surface area contributed by atoms with E-state index >= 15 is 0 Å². The molecule has 0 bridgehead atoms. The van der Waals surface area contributed by atoms with Crippen molar-refractivity contribution < 1.29 is 9.22 Å². The third-order valence-electron chi connectivity index (χ3n) is 2.64. The summed E-state index contributed by atoms with van der Waals surface area (Å²) in [5.41, 5.74) is 0. The Kier molecular flexibility index (Phi) is 3.98. The van der Waals surface area contributed by atoms with Gasteiger partial charge in [0, 0.05) is 19.7 Å². The second-order valence-electron chi connectivity index (χ2n) is 3.74. The van der Waals surface area contributed by atoms with Crippen molar-refractivity contribution in [1.82, 2.24) is 5.32 Å². The Balaban J connectivity index is 2.17. The van der Waals surface area contributed by atoms with E-state index in [4.69, 9.17) is 4.74 Å². The highest BCUT2D eigenvalue weighted by Gasteiger charge is 2.23. The van der Waals surface area contributed by atoms with E-state index in [0.717, 1.165) is 32.8 Å². The number of nitrogens with one attached hydrogen (secondary N) is 1. The predicted octanol–water partition coefficient (Wildman–Crippen LogP) is 0.0727. The summed E-state index contributed by atoms with van der Waals surface area (Å²) in [6, 6.07) is 0. The molecule has 0 aliphatic carbocycles. The molecule has 1 fully saturated rings. The fraction of sp³-hybridized carbons (Fsp3) is 1.00. The first-order chi connectivity index (χ1) is 5.77. The molecule has 1 heterocycles. The van der Waals surface area contributed by atoms with Crippen LogP contribution >= 0.6 is 0 Å². The normalized spacial score (nSPS) is 22.5. The lowest BCUT2D eigenvalue weighted by atomic mass is 10.3. The molecule has 0 aromatic carbocycles.